The van der Waals surface area contributed by atoms with Gasteiger partial charge in [-0.2, -0.15) is 0 Å². The highest BCUT2D eigenvalue weighted by Gasteiger charge is 2.18. The van der Waals surface area contributed by atoms with Gasteiger partial charge >= 0.3 is 0 Å². The van der Waals surface area contributed by atoms with Crippen molar-refractivity contribution in [2.24, 2.45) is 0 Å². The molecule has 0 amide bonds. The molecule has 0 unspecified atom stereocenters. The highest BCUT2D eigenvalue weighted by atomic mass is 16.5. The van der Waals surface area contributed by atoms with E-state index in [1.807, 2.05) is 54.6 Å². The number of benzene rings is 3. The van der Waals surface area contributed by atoms with Crippen molar-refractivity contribution >= 4 is 17.3 Å². The first-order valence-corrected chi connectivity index (χ1v) is 11.7. The molecule has 1 aliphatic carbocycles. The second-order valence-electron chi connectivity index (χ2n) is 8.67. The van der Waals surface area contributed by atoms with Gasteiger partial charge in [0, 0.05) is 23.2 Å². The lowest BCUT2D eigenvalue weighted by molar-refractivity contribution is 0.0982. The molecule has 5 nitrogen and oxygen atoms in total. The highest BCUT2D eigenvalue weighted by molar-refractivity contribution is 5.98. The molecule has 1 aliphatic rings. The van der Waals surface area contributed by atoms with E-state index in [-0.39, 0.29) is 5.78 Å². The Morgan fingerprint density at radius 2 is 1.71 bits per heavy atom. The van der Waals surface area contributed by atoms with Gasteiger partial charge in [0.15, 0.2) is 17.4 Å². The van der Waals surface area contributed by atoms with E-state index in [0.29, 0.717) is 24.6 Å². The van der Waals surface area contributed by atoms with Crippen LogP contribution >= 0.6 is 0 Å². The Balaban J connectivity index is 1.51. The van der Waals surface area contributed by atoms with E-state index in [2.05, 4.69) is 40.4 Å². The molecule has 170 valence electrons. The van der Waals surface area contributed by atoms with Gasteiger partial charge in [0.2, 0.25) is 0 Å². The zero-order valence-electron chi connectivity index (χ0n) is 19.3. The number of anilines is 2. The first kappa shape index (κ1) is 21.8. The van der Waals surface area contributed by atoms with Crippen molar-refractivity contribution in [3.8, 4) is 17.0 Å². The monoisotopic (exact) mass is 449 g/mol. The third-order valence-electron chi connectivity index (χ3n) is 6.12. The van der Waals surface area contributed by atoms with Crippen LogP contribution in [0.2, 0.25) is 0 Å². The highest BCUT2D eigenvalue weighted by Crippen LogP contribution is 2.36. The lowest BCUT2D eigenvalue weighted by atomic mass is 10.0. The average Bonchev–Trinajstić information content (AvgIpc) is 3.05. The number of nitrogens with zero attached hydrogens (tertiary/aromatic N) is 2. The third-order valence-corrected chi connectivity index (χ3v) is 6.12. The summed E-state index contributed by atoms with van der Waals surface area (Å²) in [5, 5.41) is 3.43. The summed E-state index contributed by atoms with van der Waals surface area (Å²) in [5.41, 5.74) is 6.76. The van der Waals surface area contributed by atoms with E-state index in [1.54, 1.807) is 6.33 Å². The first-order valence-electron chi connectivity index (χ1n) is 11.7. The number of carbonyl (C=O) groups is 1. The second-order valence-corrected chi connectivity index (χ2v) is 8.67. The molecular weight excluding hydrogens is 422 g/mol. The lowest BCUT2D eigenvalue weighted by Crippen LogP contribution is -2.05. The van der Waals surface area contributed by atoms with Crippen LogP contribution in [0.1, 0.15) is 46.3 Å². The molecular formula is C29H27N3O2. The summed E-state index contributed by atoms with van der Waals surface area (Å²) < 4.78 is 6.32. The van der Waals surface area contributed by atoms with Gasteiger partial charge in [0.25, 0.3) is 0 Å². The maximum absolute atomic E-state index is 12.4. The molecule has 0 aliphatic heterocycles. The number of ether oxygens (including phenoxy) is 1. The summed E-state index contributed by atoms with van der Waals surface area (Å²) in [5.74, 6) is 1.43. The van der Waals surface area contributed by atoms with E-state index in [1.165, 1.54) is 5.56 Å². The lowest BCUT2D eigenvalue weighted by Gasteiger charge is -2.17. The molecule has 0 spiro atoms. The van der Waals surface area contributed by atoms with Crippen LogP contribution in [0.4, 0.5) is 11.5 Å². The number of aromatic nitrogens is 2. The Bertz CT molecular complexity index is 1300. The molecule has 0 atom stereocenters. The Morgan fingerprint density at radius 1 is 0.912 bits per heavy atom. The van der Waals surface area contributed by atoms with Gasteiger partial charge in [-0.25, -0.2) is 9.97 Å². The summed E-state index contributed by atoms with van der Waals surface area (Å²) >= 11 is 0. The van der Waals surface area contributed by atoms with Gasteiger partial charge in [0.1, 0.15) is 18.6 Å². The van der Waals surface area contributed by atoms with Crippen LogP contribution in [0.15, 0.2) is 79.1 Å². The topological polar surface area (TPSA) is 64.1 Å². The predicted molar refractivity (Wildman–Crippen MR) is 135 cm³/mol. The fraction of sp³-hybridized carbons (Fsp3) is 0.207. The molecule has 34 heavy (non-hydrogen) atoms. The van der Waals surface area contributed by atoms with Crippen molar-refractivity contribution in [2.45, 2.75) is 39.2 Å². The number of rotatable bonds is 6. The third kappa shape index (κ3) is 4.84. The summed E-state index contributed by atoms with van der Waals surface area (Å²) in [6.45, 7) is 2.47. The number of hydrogen-bond donors (Lipinski definition) is 1. The van der Waals surface area contributed by atoms with Crippen molar-refractivity contribution in [2.75, 3.05) is 5.32 Å². The number of aryl methyl sites for hydroxylation is 2. The molecule has 0 bridgehead atoms. The van der Waals surface area contributed by atoms with Crippen molar-refractivity contribution in [3.63, 3.8) is 0 Å². The zero-order valence-corrected chi connectivity index (χ0v) is 19.3. The molecule has 1 N–H and O–H groups in total. The number of nitrogens with one attached hydrogen (secondary N) is 1. The Morgan fingerprint density at radius 3 is 2.53 bits per heavy atom. The number of ketones is 1. The van der Waals surface area contributed by atoms with E-state index in [4.69, 9.17) is 4.74 Å². The predicted octanol–water partition coefficient (Wildman–Crippen LogP) is 6.68. The zero-order chi connectivity index (χ0) is 23.3. The molecule has 1 heterocycles. The summed E-state index contributed by atoms with van der Waals surface area (Å²) in [6, 6.07) is 24.2. The van der Waals surface area contributed by atoms with Gasteiger partial charge < -0.3 is 10.1 Å². The fourth-order valence-electron chi connectivity index (χ4n) is 4.27. The number of carbonyl (C=O) groups excluding carboxylic acids is 1. The minimum atomic E-state index is 0.231. The molecule has 5 rings (SSSR count). The average molecular weight is 450 g/mol. The largest absolute Gasteiger partial charge is 0.483 e. The quantitative estimate of drug-likeness (QED) is 0.333. The van der Waals surface area contributed by atoms with Gasteiger partial charge in [-0.3, -0.25) is 4.79 Å². The van der Waals surface area contributed by atoms with Crippen molar-refractivity contribution in [3.05, 3.63) is 101 Å². The molecule has 0 saturated heterocycles. The van der Waals surface area contributed by atoms with E-state index in [0.717, 1.165) is 52.9 Å². The van der Waals surface area contributed by atoms with Crippen LogP contribution in [-0.2, 0) is 13.0 Å². The number of hydrogen-bond acceptors (Lipinski definition) is 5. The SMILES string of the molecule is Cc1ccc(-c2ncnc(Nc3ccc4c(c3)CCCCC4=O)c2OCc2ccccc2)cc1. The standard InChI is InChI=1S/C29H27N3O2/c1-20-11-13-22(14-12-20)27-28(34-18-21-7-3-2-4-8-21)29(31-19-30-27)32-24-15-16-25-23(17-24)9-5-6-10-26(25)33/h2-4,7-8,11-17,19H,5-6,9-10,18H2,1H3,(H,30,31,32). The molecule has 0 fully saturated rings. The minimum Gasteiger partial charge on any atom is -0.483 e. The molecule has 3 aromatic carbocycles. The summed E-state index contributed by atoms with van der Waals surface area (Å²) in [4.78, 5) is 21.5. The number of Topliss-reactive ketones (excluding diaryl/α,β-unsaturated/α-hetero) is 1. The van der Waals surface area contributed by atoms with Crippen molar-refractivity contribution < 1.29 is 9.53 Å². The van der Waals surface area contributed by atoms with Crippen LogP contribution in [0.3, 0.4) is 0 Å². The van der Waals surface area contributed by atoms with E-state index < -0.39 is 0 Å². The van der Waals surface area contributed by atoms with Gasteiger partial charge in [-0.05, 0) is 55.5 Å². The van der Waals surface area contributed by atoms with Crippen LogP contribution in [-0.4, -0.2) is 15.8 Å². The van der Waals surface area contributed by atoms with Gasteiger partial charge in [0.05, 0.1) is 0 Å². The second kappa shape index (κ2) is 9.87. The molecule has 0 saturated carbocycles. The minimum absolute atomic E-state index is 0.231. The summed E-state index contributed by atoms with van der Waals surface area (Å²) in [6.07, 6.45) is 5.06. The van der Waals surface area contributed by atoms with E-state index in [9.17, 15) is 4.79 Å². The molecule has 5 heteroatoms. The van der Waals surface area contributed by atoms with Crippen LogP contribution in [0.25, 0.3) is 11.3 Å². The Hall–Kier alpha value is -3.99. The van der Waals surface area contributed by atoms with E-state index >= 15 is 0 Å². The number of fused-ring (bicyclic) bond motifs is 1. The molecule has 1 aromatic heterocycles. The van der Waals surface area contributed by atoms with Gasteiger partial charge in [-0.1, -0.05) is 60.2 Å². The van der Waals surface area contributed by atoms with Crippen LogP contribution in [0, 0.1) is 6.92 Å². The molecule has 0 radical (unpaired) electrons. The Labute approximate surface area is 199 Å². The van der Waals surface area contributed by atoms with Gasteiger partial charge in [-0.15, -0.1) is 0 Å². The first-order chi connectivity index (χ1) is 16.7. The van der Waals surface area contributed by atoms with Crippen LogP contribution < -0.4 is 10.1 Å². The Kier molecular flexibility index (Phi) is 6.34. The van der Waals surface area contributed by atoms with Crippen molar-refractivity contribution in [1.82, 2.24) is 9.97 Å². The smallest absolute Gasteiger partial charge is 0.188 e. The van der Waals surface area contributed by atoms with Crippen LogP contribution in [0.5, 0.6) is 5.75 Å². The molecule has 4 aromatic rings. The maximum atomic E-state index is 12.4. The summed E-state index contributed by atoms with van der Waals surface area (Å²) in [7, 11) is 0. The fourth-order valence-corrected chi connectivity index (χ4v) is 4.27. The maximum Gasteiger partial charge on any atom is 0.188 e. The normalized spacial score (nSPS) is 13.1. The van der Waals surface area contributed by atoms with Crippen molar-refractivity contribution in [1.29, 1.82) is 0 Å².